The van der Waals surface area contributed by atoms with E-state index in [9.17, 15) is 14.4 Å². The van der Waals surface area contributed by atoms with Gasteiger partial charge in [0.2, 0.25) is 0 Å². The van der Waals surface area contributed by atoms with Gasteiger partial charge in [0.05, 0.1) is 0 Å². The van der Waals surface area contributed by atoms with Crippen LogP contribution in [-0.4, -0.2) is 37.2 Å². The zero-order valence-corrected chi connectivity index (χ0v) is 40.4. The van der Waals surface area contributed by atoms with Gasteiger partial charge in [-0.2, -0.15) is 0 Å². The van der Waals surface area contributed by atoms with Crippen LogP contribution in [-0.2, 0) is 28.6 Å². The van der Waals surface area contributed by atoms with Crippen LogP contribution in [0.2, 0.25) is 0 Å². The lowest BCUT2D eigenvalue weighted by molar-refractivity contribution is -0.167. The molecule has 0 aliphatic rings. The van der Waals surface area contributed by atoms with E-state index >= 15 is 0 Å². The summed E-state index contributed by atoms with van der Waals surface area (Å²) in [4.78, 5) is 38.0. The van der Waals surface area contributed by atoms with Gasteiger partial charge in [-0.15, -0.1) is 0 Å². The molecule has 0 fully saturated rings. The molecule has 0 heterocycles. The van der Waals surface area contributed by atoms with E-state index in [-0.39, 0.29) is 31.1 Å². The topological polar surface area (TPSA) is 78.9 Å². The molecule has 0 saturated heterocycles. The molecule has 0 N–H and O–H groups in total. The van der Waals surface area contributed by atoms with Gasteiger partial charge in [0.25, 0.3) is 0 Å². The first-order valence-electron chi connectivity index (χ1n) is 25.7. The molecular weight excluding hydrogens is 769 g/mol. The minimum atomic E-state index is -0.798. The summed E-state index contributed by atoms with van der Waals surface area (Å²) in [6.07, 6.45) is 64.1. The third-order valence-corrected chi connectivity index (χ3v) is 10.8. The van der Waals surface area contributed by atoms with Gasteiger partial charge in [0.15, 0.2) is 6.10 Å². The van der Waals surface area contributed by atoms with Crippen LogP contribution < -0.4 is 0 Å². The lowest BCUT2D eigenvalue weighted by atomic mass is 10.0. The molecule has 6 heteroatoms. The fourth-order valence-electron chi connectivity index (χ4n) is 6.92. The van der Waals surface area contributed by atoms with E-state index in [0.717, 1.165) is 83.5 Å². The maximum absolute atomic E-state index is 12.8. The van der Waals surface area contributed by atoms with Crippen LogP contribution in [0.4, 0.5) is 0 Å². The standard InChI is InChI=1S/C56H94O6/c1-4-7-10-13-16-19-22-25-28-31-34-37-40-43-46-49-55(58)61-52-53(51-60-54(57)48-45-42-39-36-33-30-27-24-21-18-15-12-9-6-3)62-56(59)50-47-44-41-38-35-32-29-26-23-20-17-14-11-8-5-2/h7,10,13,16-17,19-20,22-23,25-26,28,31,34,53H,4-6,8-9,11-12,14-15,18,21,24,27,29-30,32-33,35-52H2,1-3H3/b10-7-,16-13-,20-17-,22-19-,26-23-,28-25-,34-31-. The molecule has 0 amide bonds. The first kappa shape index (κ1) is 58.6. The van der Waals surface area contributed by atoms with Crippen molar-refractivity contribution in [2.45, 2.75) is 239 Å². The lowest BCUT2D eigenvalue weighted by Crippen LogP contribution is -2.30. The zero-order valence-electron chi connectivity index (χ0n) is 40.4. The fraction of sp³-hybridized carbons (Fsp3) is 0.696. The highest BCUT2D eigenvalue weighted by atomic mass is 16.6. The van der Waals surface area contributed by atoms with Crippen LogP contribution in [0.5, 0.6) is 0 Å². The average molecular weight is 863 g/mol. The van der Waals surface area contributed by atoms with Crippen molar-refractivity contribution in [3.8, 4) is 0 Å². The van der Waals surface area contributed by atoms with E-state index in [1.165, 1.54) is 109 Å². The second-order valence-corrected chi connectivity index (χ2v) is 16.9. The number of ether oxygens (including phenoxy) is 3. The molecule has 1 atom stereocenters. The van der Waals surface area contributed by atoms with Crippen LogP contribution in [0.15, 0.2) is 85.1 Å². The van der Waals surface area contributed by atoms with Gasteiger partial charge < -0.3 is 14.2 Å². The molecule has 354 valence electrons. The maximum atomic E-state index is 12.8. The number of allylic oxidation sites excluding steroid dienone is 14. The lowest BCUT2D eigenvalue weighted by Gasteiger charge is -2.18. The maximum Gasteiger partial charge on any atom is 0.306 e. The largest absolute Gasteiger partial charge is 0.462 e. The predicted molar refractivity (Wildman–Crippen MR) is 265 cm³/mol. The number of carbonyl (C=O) groups is 3. The Kier molecular flexibility index (Phi) is 47.5. The number of unbranched alkanes of at least 4 members (excludes halogenated alkanes) is 25. The summed E-state index contributed by atoms with van der Waals surface area (Å²) in [6, 6.07) is 0. The number of hydrogen-bond acceptors (Lipinski definition) is 6. The molecule has 0 bridgehead atoms. The smallest absolute Gasteiger partial charge is 0.306 e. The van der Waals surface area contributed by atoms with Crippen molar-refractivity contribution in [1.82, 2.24) is 0 Å². The molecule has 0 radical (unpaired) electrons. The molecule has 0 saturated carbocycles. The average Bonchev–Trinajstić information content (AvgIpc) is 3.27. The van der Waals surface area contributed by atoms with Crippen LogP contribution in [0, 0.1) is 0 Å². The first-order valence-corrected chi connectivity index (χ1v) is 25.7. The predicted octanol–water partition coefficient (Wildman–Crippen LogP) is 16.8. The highest BCUT2D eigenvalue weighted by Gasteiger charge is 2.19. The third-order valence-electron chi connectivity index (χ3n) is 10.8. The summed E-state index contributed by atoms with van der Waals surface area (Å²) < 4.78 is 16.8. The van der Waals surface area contributed by atoms with Crippen LogP contribution in [0.3, 0.4) is 0 Å². The Morgan fingerprint density at radius 1 is 0.339 bits per heavy atom. The van der Waals surface area contributed by atoms with Crippen LogP contribution in [0.1, 0.15) is 233 Å². The van der Waals surface area contributed by atoms with Crippen LogP contribution in [0.25, 0.3) is 0 Å². The molecule has 0 spiro atoms. The van der Waals surface area contributed by atoms with E-state index in [0.29, 0.717) is 19.3 Å². The summed E-state index contributed by atoms with van der Waals surface area (Å²) in [5, 5.41) is 0. The quantitative estimate of drug-likeness (QED) is 0.0263. The Morgan fingerprint density at radius 3 is 1.05 bits per heavy atom. The second-order valence-electron chi connectivity index (χ2n) is 16.9. The minimum Gasteiger partial charge on any atom is -0.462 e. The highest BCUT2D eigenvalue weighted by molar-refractivity contribution is 5.71. The van der Waals surface area contributed by atoms with E-state index in [1.54, 1.807) is 0 Å². The van der Waals surface area contributed by atoms with Crippen molar-refractivity contribution in [3.63, 3.8) is 0 Å². The molecule has 0 aliphatic heterocycles. The van der Waals surface area contributed by atoms with Crippen molar-refractivity contribution in [2.75, 3.05) is 13.2 Å². The van der Waals surface area contributed by atoms with Crippen molar-refractivity contribution >= 4 is 17.9 Å². The molecule has 0 aliphatic carbocycles. The molecule has 1 unspecified atom stereocenters. The molecule has 62 heavy (non-hydrogen) atoms. The molecule has 0 aromatic heterocycles. The van der Waals surface area contributed by atoms with E-state index < -0.39 is 6.10 Å². The van der Waals surface area contributed by atoms with Gasteiger partial charge in [-0.3, -0.25) is 14.4 Å². The van der Waals surface area contributed by atoms with Crippen LogP contribution >= 0.6 is 0 Å². The summed E-state index contributed by atoms with van der Waals surface area (Å²) in [6.45, 7) is 6.42. The van der Waals surface area contributed by atoms with Gasteiger partial charge in [0.1, 0.15) is 13.2 Å². The van der Waals surface area contributed by atoms with Gasteiger partial charge in [0, 0.05) is 19.3 Å². The first-order chi connectivity index (χ1) is 30.5. The van der Waals surface area contributed by atoms with Gasteiger partial charge in [-0.1, -0.05) is 234 Å². The summed E-state index contributed by atoms with van der Waals surface area (Å²) in [7, 11) is 0. The van der Waals surface area contributed by atoms with E-state index in [2.05, 4.69) is 57.2 Å². The van der Waals surface area contributed by atoms with E-state index in [1.807, 2.05) is 48.6 Å². The second kappa shape index (κ2) is 50.2. The highest BCUT2D eigenvalue weighted by Crippen LogP contribution is 2.15. The molecule has 0 rings (SSSR count). The fourth-order valence-corrected chi connectivity index (χ4v) is 6.92. The summed E-state index contributed by atoms with van der Waals surface area (Å²) >= 11 is 0. The summed E-state index contributed by atoms with van der Waals surface area (Å²) in [5.41, 5.74) is 0. The molecular formula is C56H94O6. The van der Waals surface area contributed by atoms with Gasteiger partial charge in [-0.05, 0) is 64.2 Å². The number of rotatable bonds is 45. The Bertz CT molecular complexity index is 1220. The number of carbonyl (C=O) groups excluding carboxylic acids is 3. The Labute approximate surface area is 382 Å². The monoisotopic (exact) mass is 863 g/mol. The van der Waals surface area contributed by atoms with Gasteiger partial charge in [-0.25, -0.2) is 0 Å². The van der Waals surface area contributed by atoms with E-state index in [4.69, 9.17) is 14.2 Å². The Morgan fingerprint density at radius 2 is 0.629 bits per heavy atom. The number of hydrogen-bond donors (Lipinski definition) is 0. The molecule has 0 aromatic rings. The van der Waals surface area contributed by atoms with Crippen molar-refractivity contribution in [3.05, 3.63) is 85.1 Å². The zero-order chi connectivity index (χ0) is 45.1. The Hall–Kier alpha value is -3.41. The van der Waals surface area contributed by atoms with Crippen molar-refractivity contribution in [2.24, 2.45) is 0 Å². The normalized spacial score (nSPS) is 12.8. The SMILES string of the molecule is CC\C=C/C=C\C=C/C=C\C=C/CCCCCC(=O)OCC(COC(=O)CCCCCCCCCCCCCCCC)OC(=O)CCCCCCCC/C=C\C=C/CCCCC. The Balaban J connectivity index is 4.48. The summed E-state index contributed by atoms with van der Waals surface area (Å²) in [5.74, 6) is -0.949. The van der Waals surface area contributed by atoms with Crippen molar-refractivity contribution < 1.29 is 28.6 Å². The molecule has 6 nitrogen and oxygen atoms in total. The minimum absolute atomic E-state index is 0.0941. The molecule has 0 aromatic carbocycles. The van der Waals surface area contributed by atoms with Gasteiger partial charge >= 0.3 is 17.9 Å². The third kappa shape index (κ3) is 47.6. The van der Waals surface area contributed by atoms with Crippen molar-refractivity contribution in [1.29, 1.82) is 0 Å². The number of esters is 3.